The van der Waals surface area contributed by atoms with Gasteiger partial charge in [-0.1, -0.05) is 0 Å². The maximum absolute atomic E-state index is 13.5. The lowest BCUT2D eigenvalue weighted by molar-refractivity contribution is -0.137. The number of alkyl halides is 3. The van der Waals surface area contributed by atoms with Gasteiger partial charge < -0.3 is 10.4 Å². The first-order chi connectivity index (χ1) is 16.1. The van der Waals surface area contributed by atoms with Gasteiger partial charge in [0.15, 0.2) is 0 Å². The molecule has 0 saturated carbocycles. The van der Waals surface area contributed by atoms with Crippen LogP contribution in [0, 0.1) is 5.92 Å². The van der Waals surface area contributed by atoms with Crippen LogP contribution in [0.1, 0.15) is 31.2 Å². The average molecular weight is 504 g/mol. The number of hydrogen-bond acceptors (Lipinski definition) is 7. The standard InChI is InChI=1S/C20H28F3N7O3S/c1-28-12-15(10-25-28)18-17(20(21,22)23)11-24-19(27-18)26-16-4-8-30(9-5-16)34(32,33)29-6-2-14(13-31)3-7-29/h10-12,14,16,31H,2-9,13H2,1H3,(H,24,26,27). The van der Waals surface area contributed by atoms with Crippen LogP contribution >= 0.6 is 0 Å². The van der Waals surface area contributed by atoms with E-state index in [9.17, 15) is 26.7 Å². The van der Waals surface area contributed by atoms with E-state index in [1.807, 2.05) is 0 Å². The van der Waals surface area contributed by atoms with E-state index in [0.29, 0.717) is 38.8 Å². The largest absolute Gasteiger partial charge is 0.419 e. The molecule has 10 nitrogen and oxygen atoms in total. The molecular weight excluding hydrogens is 475 g/mol. The number of hydrogen-bond donors (Lipinski definition) is 2. The zero-order valence-corrected chi connectivity index (χ0v) is 19.6. The highest BCUT2D eigenvalue weighted by Gasteiger charge is 2.37. The molecule has 0 atom stereocenters. The van der Waals surface area contributed by atoms with Gasteiger partial charge in [0.05, 0.1) is 11.9 Å². The fourth-order valence-corrected chi connectivity index (χ4v) is 5.99. The van der Waals surface area contributed by atoms with Gasteiger partial charge >= 0.3 is 6.18 Å². The first-order valence-electron chi connectivity index (χ1n) is 11.1. The first-order valence-corrected chi connectivity index (χ1v) is 12.5. The highest BCUT2D eigenvalue weighted by molar-refractivity contribution is 7.86. The summed E-state index contributed by atoms with van der Waals surface area (Å²) in [6.45, 7) is 1.43. The molecule has 14 heteroatoms. The van der Waals surface area contributed by atoms with Crippen molar-refractivity contribution in [3.63, 3.8) is 0 Å². The minimum Gasteiger partial charge on any atom is -0.396 e. The predicted molar refractivity (Wildman–Crippen MR) is 118 cm³/mol. The molecule has 34 heavy (non-hydrogen) atoms. The van der Waals surface area contributed by atoms with E-state index in [4.69, 9.17) is 0 Å². The van der Waals surface area contributed by atoms with Crippen LogP contribution in [0.25, 0.3) is 11.3 Å². The molecule has 2 fully saturated rings. The van der Waals surface area contributed by atoms with Crippen molar-refractivity contribution < 1.29 is 26.7 Å². The Hall–Kier alpha value is -2.29. The highest BCUT2D eigenvalue weighted by atomic mass is 32.2. The Morgan fingerprint density at radius 2 is 1.71 bits per heavy atom. The third-order valence-corrected chi connectivity index (χ3v) is 8.38. The Morgan fingerprint density at radius 3 is 2.24 bits per heavy atom. The summed E-state index contributed by atoms with van der Waals surface area (Å²) in [5.41, 5.74) is -0.979. The number of aliphatic hydroxyl groups excluding tert-OH is 1. The van der Waals surface area contributed by atoms with Crippen molar-refractivity contribution in [2.24, 2.45) is 13.0 Å². The molecule has 0 aliphatic carbocycles. The van der Waals surface area contributed by atoms with Crippen LogP contribution in [0.15, 0.2) is 18.6 Å². The molecule has 4 heterocycles. The Kier molecular flexibility index (Phi) is 7.12. The molecule has 4 rings (SSSR count). The SMILES string of the molecule is Cn1cc(-c2nc(NC3CCN(S(=O)(=O)N4CCC(CO)CC4)CC3)ncc2C(F)(F)F)cn1. The molecule has 2 aliphatic rings. The Balaban J connectivity index is 1.41. The lowest BCUT2D eigenvalue weighted by Gasteiger charge is -2.37. The van der Waals surface area contributed by atoms with Crippen LogP contribution in [0.5, 0.6) is 0 Å². The van der Waals surface area contributed by atoms with Crippen LogP contribution in [-0.4, -0.2) is 80.7 Å². The van der Waals surface area contributed by atoms with Gasteiger partial charge in [-0.2, -0.15) is 35.3 Å². The lowest BCUT2D eigenvalue weighted by Crippen LogP contribution is -2.51. The molecule has 0 spiro atoms. The predicted octanol–water partition coefficient (Wildman–Crippen LogP) is 1.72. The van der Waals surface area contributed by atoms with Crippen molar-refractivity contribution >= 4 is 16.2 Å². The van der Waals surface area contributed by atoms with E-state index in [0.717, 1.165) is 6.20 Å². The van der Waals surface area contributed by atoms with Crippen LogP contribution in [0.2, 0.25) is 0 Å². The van der Waals surface area contributed by atoms with Crippen molar-refractivity contribution in [1.29, 1.82) is 0 Å². The van der Waals surface area contributed by atoms with Gasteiger partial charge in [0, 0.05) is 63.8 Å². The summed E-state index contributed by atoms with van der Waals surface area (Å²) in [4.78, 5) is 7.98. The Morgan fingerprint density at radius 1 is 1.09 bits per heavy atom. The zero-order valence-electron chi connectivity index (χ0n) is 18.7. The molecular formula is C20H28F3N7O3S. The molecule has 0 radical (unpaired) electrons. The van der Waals surface area contributed by atoms with Crippen molar-refractivity contribution in [3.05, 3.63) is 24.2 Å². The second-order valence-corrected chi connectivity index (χ2v) is 10.6. The average Bonchev–Trinajstić information content (AvgIpc) is 3.25. The number of halogens is 3. The van der Waals surface area contributed by atoms with E-state index < -0.39 is 21.9 Å². The van der Waals surface area contributed by atoms with E-state index in [1.165, 1.54) is 25.7 Å². The monoisotopic (exact) mass is 503 g/mol. The van der Waals surface area contributed by atoms with E-state index in [1.54, 1.807) is 7.05 Å². The van der Waals surface area contributed by atoms with Gasteiger partial charge in [-0.3, -0.25) is 4.68 Å². The fourth-order valence-electron chi connectivity index (χ4n) is 4.32. The summed E-state index contributed by atoms with van der Waals surface area (Å²) in [7, 11) is -1.98. The van der Waals surface area contributed by atoms with Gasteiger partial charge in [-0.25, -0.2) is 9.97 Å². The number of aryl methyl sites for hydroxylation is 1. The summed E-state index contributed by atoms with van der Waals surface area (Å²) in [5, 5.41) is 16.3. The molecule has 0 unspecified atom stereocenters. The molecule has 2 aromatic rings. The van der Waals surface area contributed by atoms with Gasteiger partial charge in [-0.05, 0) is 31.6 Å². The zero-order chi connectivity index (χ0) is 24.5. The fraction of sp³-hybridized carbons (Fsp3) is 0.650. The maximum Gasteiger partial charge on any atom is 0.419 e. The number of anilines is 1. The molecule has 0 bridgehead atoms. The molecule has 2 N–H and O–H groups in total. The van der Waals surface area contributed by atoms with Gasteiger partial charge in [0.2, 0.25) is 5.95 Å². The van der Waals surface area contributed by atoms with Crippen LogP contribution < -0.4 is 5.32 Å². The number of nitrogens with zero attached hydrogens (tertiary/aromatic N) is 6. The number of rotatable bonds is 6. The second kappa shape index (κ2) is 9.76. The van der Waals surface area contributed by atoms with Crippen LogP contribution in [0.3, 0.4) is 0 Å². The number of nitrogens with one attached hydrogen (secondary N) is 1. The summed E-state index contributed by atoms with van der Waals surface area (Å²) < 4.78 is 70.7. The molecule has 188 valence electrons. The lowest BCUT2D eigenvalue weighted by atomic mass is 10.00. The summed E-state index contributed by atoms with van der Waals surface area (Å²) in [6.07, 6.45) is 1.12. The van der Waals surface area contributed by atoms with E-state index >= 15 is 0 Å². The molecule has 0 amide bonds. The summed E-state index contributed by atoms with van der Waals surface area (Å²) in [5.74, 6) is 0.195. The molecule has 2 saturated heterocycles. The van der Waals surface area contributed by atoms with Gasteiger partial charge in [0.1, 0.15) is 5.56 Å². The Bertz CT molecular complexity index is 1090. The van der Waals surface area contributed by atoms with Crippen LogP contribution in [0.4, 0.5) is 19.1 Å². The van der Waals surface area contributed by atoms with Crippen LogP contribution in [-0.2, 0) is 23.4 Å². The second-order valence-electron chi connectivity index (χ2n) is 8.71. The van der Waals surface area contributed by atoms with Crippen molar-refractivity contribution in [2.45, 2.75) is 37.9 Å². The van der Waals surface area contributed by atoms with Gasteiger partial charge in [-0.15, -0.1) is 0 Å². The number of aliphatic hydroxyl groups is 1. The Labute approximate surface area is 196 Å². The molecule has 0 aromatic carbocycles. The van der Waals surface area contributed by atoms with Crippen molar-refractivity contribution in [1.82, 2.24) is 28.4 Å². The summed E-state index contributed by atoms with van der Waals surface area (Å²) in [6, 6.07) is -0.176. The molecule has 2 aliphatic heterocycles. The molecule has 2 aromatic heterocycles. The number of piperidine rings is 2. The third kappa shape index (κ3) is 5.34. The topological polar surface area (TPSA) is 116 Å². The number of aromatic nitrogens is 4. The van der Waals surface area contributed by atoms with Crippen molar-refractivity contribution in [3.8, 4) is 11.3 Å². The van der Waals surface area contributed by atoms with Crippen molar-refractivity contribution in [2.75, 3.05) is 38.1 Å². The first kappa shape index (κ1) is 24.8. The minimum atomic E-state index is -4.62. The third-order valence-electron chi connectivity index (χ3n) is 6.34. The minimum absolute atomic E-state index is 0.0548. The maximum atomic E-state index is 13.5. The quantitative estimate of drug-likeness (QED) is 0.617. The van der Waals surface area contributed by atoms with E-state index in [2.05, 4.69) is 20.4 Å². The van der Waals surface area contributed by atoms with Gasteiger partial charge in [0.25, 0.3) is 10.2 Å². The summed E-state index contributed by atoms with van der Waals surface area (Å²) >= 11 is 0. The smallest absolute Gasteiger partial charge is 0.396 e. The van der Waals surface area contributed by atoms with E-state index in [-0.39, 0.29) is 48.9 Å². The highest BCUT2D eigenvalue weighted by Crippen LogP contribution is 2.36. The normalized spacial score (nSPS) is 20.0.